The molecule has 1 atom stereocenters. The van der Waals surface area contributed by atoms with Crippen molar-refractivity contribution >= 4 is 50.0 Å². The highest BCUT2D eigenvalue weighted by atomic mass is 35.5. The number of rotatable bonds is 7. The third-order valence-electron chi connectivity index (χ3n) is 6.65. The standard InChI is InChI=1S/C27H24ClN7O4S2/c28-18-6-8-21(9-7-18)41(37,38)34-12-2-4-19(16-34)31-26-30-11-10-22(32-26)24-23(33-27-35(24)13-14-40-27)17-3-1-5-20(15-17)39-25(29)36/h1,3,5-11,13-15,19H,2,4,12,16H2,(H2,29,36)(H,30,31,32). The van der Waals surface area contributed by atoms with Gasteiger partial charge in [0.25, 0.3) is 0 Å². The molecule has 0 radical (unpaired) electrons. The fraction of sp³-hybridized carbons (Fsp3) is 0.185. The van der Waals surface area contributed by atoms with Crippen molar-refractivity contribution in [1.82, 2.24) is 23.7 Å². The van der Waals surface area contributed by atoms with Gasteiger partial charge in [-0.05, 0) is 55.3 Å². The van der Waals surface area contributed by atoms with Crippen LogP contribution in [0, 0.1) is 0 Å². The largest absolute Gasteiger partial charge is 0.410 e. The van der Waals surface area contributed by atoms with Crippen molar-refractivity contribution in [2.75, 3.05) is 18.4 Å². The lowest BCUT2D eigenvalue weighted by Crippen LogP contribution is -2.45. The molecule has 3 aromatic heterocycles. The summed E-state index contributed by atoms with van der Waals surface area (Å²) in [4.78, 5) is 26.3. The van der Waals surface area contributed by atoms with Gasteiger partial charge in [0, 0.05) is 47.5 Å². The summed E-state index contributed by atoms with van der Waals surface area (Å²) in [6.45, 7) is 0.704. The topological polar surface area (TPSA) is 145 Å². The molecule has 1 unspecified atom stereocenters. The van der Waals surface area contributed by atoms with Crippen LogP contribution in [0.3, 0.4) is 0 Å². The van der Waals surface area contributed by atoms with Crippen molar-refractivity contribution in [3.8, 4) is 28.4 Å². The number of aromatic nitrogens is 4. The fourth-order valence-corrected chi connectivity index (χ4v) is 7.20. The summed E-state index contributed by atoms with van der Waals surface area (Å²) in [5.74, 6) is 0.679. The van der Waals surface area contributed by atoms with E-state index >= 15 is 0 Å². The number of nitrogens with two attached hydrogens (primary N) is 1. The predicted octanol–water partition coefficient (Wildman–Crippen LogP) is 4.90. The van der Waals surface area contributed by atoms with Crippen LogP contribution in [0.4, 0.5) is 10.7 Å². The van der Waals surface area contributed by atoms with Gasteiger partial charge in [0.1, 0.15) is 11.4 Å². The van der Waals surface area contributed by atoms with Gasteiger partial charge >= 0.3 is 6.09 Å². The van der Waals surface area contributed by atoms with Crippen LogP contribution in [0.25, 0.3) is 27.6 Å². The minimum atomic E-state index is -3.67. The van der Waals surface area contributed by atoms with Gasteiger partial charge < -0.3 is 15.8 Å². The Labute approximate surface area is 244 Å². The summed E-state index contributed by atoms with van der Waals surface area (Å²) in [5, 5.41) is 5.74. The first kappa shape index (κ1) is 27.1. The average Bonchev–Trinajstić information content (AvgIpc) is 3.55. The van der Waals surface area contributed by atoms with Gasteiger partial charge in [-0.25, -0.2) is 28.2 Å². The number of carbonyl (C=O) groups excluding carboxylic acids is 1. The number of piperidine rings is 1. The normalized spacial score (nSPS) is 16.1. The second kappa shape index (κ2) is 11.1. The summed E-state index contributed by atoms with van der Waals surface area (Å²) in [6, 6.07) is 14.7. The highest BCUT2D eigenvalue weighted by Crippen LogP contribution is 2.35. The highest BCUT2D eigenvalue weighted by molar-refractivity contribution is 7.89. The number of nitrogens with zero attached hydrogens (tertiary/aromatic N) is 5. The molecule has 11 nitrogen and oxygen atoms in total. The Morgan fingerprint density at radius 3 is 2.78 bits per heavy atom. The van der Waals surface area contributed by atoms with Crippen LogP contribution in [0.15, 0.2) is 77.3 Å². The van der Waals surface area contributed by atoms with E-state index in [0.717, 1.165) is 22.6 Å². The molecule has 3 N–H and O–H groups in total. The number of nitrogens with one attached hydrogen (secondary N) is 1. The number of hydrogen-bond acceptors (Lipinski definition) is 9. The number of halogens is 1. The molecule has 2 aromatic carbocycles. The number of primary amides is 1. The second-order valence-electron chi connectivity index (χ2n) is 9.38. The quantitative estimate of drug-likeness (QED) is 0.265. The zero-order valence-electron chi connectivity index (χ0n) is 21.5. The number of ether oxygens (including phenoxy) is 1. The molecule has 0 bridgehead atoms. The second-order valence-corrected chi connectivity index (χ2v) is 12.6. The molecule has 4 heterocycles. The Morgan fingerprint density at radius 2 is 1.98 bits per heavy atom. The first-order valence-corrected chi connectivity index (χ1v) is 15.4. The molecule has 1 amide bonds. The van der Waals surface area contributed by atoms with E-state index < -0.39 is 16.1 Å². The van der Waals surface area contributed by atoms with Crippen molar-refractivity contribution in [3.63, 3.8) is 0 Å². The van der Waals surface area contributed by atoms with Gasteiger partial charge in [0.2, 0.25) is 16.0 Å². The van der Waals surface area contributed by atoms with E-state index in [9.17, 15) is 13.2 Å². The summed E-state index contributed by atoms with van der Waals surface area (Å²) in [5.41, 5.74) is 7.91. The molecule has 14 heteroatoms. The lowest BCUT2D eigenvalue weighted by molar-refractivity contribution is 0.211. The SMILES string of the molecule is NC(=O)Oc1cccc(-c2nc3sccn3c2-c2ccnc(NC3CCCN(S(=O)(=O)c4ccc(Cl)cc4)C3)n2)c1. The zero-order chi connectivity index (χ0) is 28.6. The van der Waals surface area contributed by atoms with Crippen LogP contribution >= 0.6 is 22.9 Å². The van der Waals surface area contributed by atoms with Crippen molar-refractivity contribution in [2.45, 2.75) is 23.8 Å². The van der Waals surface area contributed by atoms with Gasteiger partial charge in [-0.1, -0.05) is 23.7 Å². The maximum absolute atomic E-state index is 13.2. The highest BCUT2D eigenvalue weighted by Gasteiger charge is 2.31. The molecule has 5 aromatic rings. The van der Waals surface area contributed by atoms with Crippen molar-refractivity contribution in [2.24, 2.45) is 5.73 Å². The van der Waals surface area contributed by atoms with Crippen molar-refractivity contribution in [3.05, 3.63) is 77.4 Å². The molecular formula is C27H24ClN7O4S2. The number of amides is 1. The molecular weight excluding hydrogens is 586 g/mol. The Kier molecular flexibility index (Phi) is 7.34. The van der Waals surface area contributed by atoms with E-state index in [1.807, 2.05) is 22.0 Å². The van der Waals surface area contributed by atoms with Gasteiger partial charge in [-0.15, -0.1) is 11.3 Å². The number of thiazole rings is 1. The van der Waals surface area contributed by atoms with E-state index in [2.05, 4.69) is 10.3 Å². The first-order valence-electron chi connectivity index (χ1n) is 12.7. The molecule has 0 spiro atoms. The van der Waals surface area contributed by atoms with Crippen LogP contribution < -0.4 is 15.8 Å². The minimum absolute atomic E-state index is 0.185. The zero-order valence-corrected chi connectivity index (χ0v) is 23.9. The maximum Gasteiger partial charge on any atom is 0.409 e. The van der Waals surface area contributed by atoms with E-state index in [1.165, 1.54) is 27.8 Å². The smallest absolute Gasteiger partial charge is 0.409 e. The van der Waals surface area contributed by atoms with E-state index in [4.69, 9.17) is 32.0 Å². The summed E-state index contributed by atoms with van der Waals surface area (Å²) >= 11 is 7.42. The Morgan fingerprint density at radius 1 is 1.15 bits per heavy atom. The number of carbonyl (C=O) groups is 1. The molecule has 1 saturated heterocycles. The van der Waals surface area contributed by atoms with Crippen molar-refractivity contribution < 1.29 is 17.9 Å². The average molecular weight is 610 g/mol. The first-order chi connectivity index (χ1) is 19.8. The monoisotopic (exact) mass is 609 g/mol. The molecule has 210 valence electrons. The molecule has 0 saturated carbocycles. The number of hydrogen-bond donors (Lipinski definition) is 2. The van der Waals surface area contributed by atoms with Crippen LogP contribution in [-0.4, -0.2) is 57.3 Å². The van der Waals surface area contributed by atoms with Gasteiger partial charge in [0.05, 0.1) is 16.3 Å². The van der Waals surface area contributed by atoms with Crippen LogP contribution in [0.2, 0.25) is 5.02 Å². The number of fused-ring (bicyclic) bond motifs is 1. The van der Waals surface area contributed by atoms with Gasteiger partial charge in [-0.3, -0.25) is 4.40 Å². The van der Waals surface area contributed by atoms with E-state index in [1.54, 1.807) is 42.6 Å². The van der Waals surface area contributed by atoms with Crippen LogP contribution in [0.5, 0.6) is 5.75 Å². The molecule has 1 aliphatic rings. The summed E-state index contributed by atoms with van der Waals surface area (Å²) in [6.07, 6.45) is 4.11. The molecule has 41 heavy (non-hydrogen) atoms. The number of benzene rings is 2. The summed E-state index contributed by atoms with van der Waals surface area (Å²) in [7, 11) is -3.67. The summed E-state index contributed by atoms with van der Waals surface area (Å²) < 4.78 is 35.0. The van der Waals surface area contributed by atoms with Crippen LogP contribution in [0.1, 0.15) is 12.8 Å². The van der Waals surface area contributed by atoms with Crippen molar-refractivity contribution in [1.29, 1.82) is 0 Å². The molecule has 0 aliphatic carbocycles. The van der Waals surface area contributed by atoms with Crippen LogP contribution in [-0.2, 0) is 10.0 Å². The Hall–Kier alpha value is -4.04. The third kappa shape index (κ3) is 5.61. The fourth-order valence-electron chi connectivity index (χ4n) is 4.83. The predicted molar refractivity (Wildman–Crippen MR) is 157 cm³/mol. The molecule has 6 rings (SSSR count). The lowest BCUT2D eigenvalue weighted by atomic mass is 10.1. The van der Waals surface area contributed by atoms with E-state index in [0.29, 0.717) is 41.1 Å². The lowest BCUT2D eigenvalue weighted by Gasteiger charge is -2.32. The number of imidazole rings is 1. The molecule has 1 aliphatic heterocycles. The Balaban J connectivity index is 1.28. The third-order valence-corrected chi connectivity index (χ3v) is 9.54. The number of sulfonamides is 1. The Bertz CT molecular complexity index is 1840. The number of anilines is 1. The minimum Gasteiger partial charge on any atom is -0.410 e. The van der Waals surface area contributed by atoms with Gasteiger partial charge in [-0.2, -0.15) is 4.31 Å². The maximum atomic E-state index is 13.2. The van der Waals surface area contributed by atoms with E-state index in [-0.39, 0.29) is 17.5 Å². The van der Waals surface area contributed by atoms with Gasteiger partial charge in [0.15, 0.2) is 4.96 Å². The molecule has 1 fully saturated rings.